The number of benzene rings is 2. The van der Waals surface area contributed by atoms with E-state index in [1.165, 1.54) is 0 Å². The number of hydrogen-bond donors (Lipinski definition) is 1. The fourth-order valence-corrected chi connectivity index (χ4v) is 2.54. The van der Waals surface area contributed by atoms with Crippen molar-refractivity contribution >= 4 is 38.5 Å². The van der Waals surface area contributed by atoms with Crippen LogP contribution in [0.3, 0.4) is 0 Å². The van der Waals surface area contributed by atoms with Crippen LogP contribution >= 0.6 is 15.9 Å². The number of anilines is 1. The lowest BCUT2D eigenvalue weighted by molar-refractivity contribution is 0.0997. The normalized spacial score (nSPS) is 10.9. The second kappa shape index (κ2) is 5.53. The van der Waals surface area contributed by atoms with E-state index in [1.54, 1.807) is 19.1 Å². The standard InChI is InChI=1S/C16H10BrF2NO2/c1-8-11-6-9(17)2-5-14(11)22-15(8)16(21)20-13-4-3-10(18)7-12(13)19/h2-7H,1H3,(H,20,21). The lowest BCUT2D eigenvalue weighted by atomic mass is 10.1. The van der Waals surface area contributed by atoms with Gasteiger partial charge in [0.15, 0.2) is 5.76 Å². The van der Waals surface area contributed by atoms with Gasteiger partial charge in [0.25, 0.3) is 5.91 Å². The number of nitrogens with one attached hydrogen (secondary N) is 1. The van der Waals surface area contributed by atoms with Crippen molar-refractivity contribution in [2.45, 2.75) is 6.92 Å². The van der Waals surface area contributed by atoms with Gasteiger partial charge >= 0.3 is 0 Å². The average molecular weight is 366 g/mol. The second-order valence-electron chi connectivity index (χ2n) is 4.77. The zero-order valence-electron chi connectivity index (χ0n) is 11.4. The number of carbonyl (C=O) groups is 1. The highest BCUT2D eigenvalue weighted by atomic mass is 79.9. The Morgan fingerprint density at radius 3 is 2.68 bits per heavy atom. The molecule has 2 aromatic carbocycles. The molecule has 22 heavy (non-hydrogen) atoms. The molecule has 1 aromatic heterocycles. The molecular weight excluding hydrogens is 356 g/mol. The Kier molecular flexibility index (Phi) is 3.70. The highest BCUT2D eigenvalue weighted by Crippen LogP contribution is 2.28. The smallest absolute Gasteiger partial charge is 0.291 e. The van der Waals surface area contributed by atoms with Gasteiger partial charge in [0, 0.05) is 21.5 Å². The molecule has 0 atom stereocenters. The van der Waals surface area contributed by atoms with Crippen LogP contribution < -0.4 is 5.32 Å². The summed E-state index contributed by atoms with van der Waals surface area (Å²) < 4.78 is 32.9. The molecule has 1 N–H and O–H groups in total. The summed E-state index contributed by atoms with van der Waals surface area (Å²) in [6, 6.07) is 8.31. The molecule has 0 spiro atoms. The van der Waals surface area contributed by atoms with Crippen molar-refractivity contribution in [3.63, 3.8) is 0 Å². The second-order valence-corrected chi connectivity index (χ2v) is 5.69. The number of aryl methyl sites for hydroxylation is 1. The van der Waals surface area contributed by atoms with Crippen LogP contribution in [0.2, 0.25) is 0 Å². The number of amides is 1. The molecule has 0 radical (unpaired) electrons. The van der Waals surface area contributed by atoms with Crippen LogP contribution in [0.25, 0.3) is 11.0 Å². The third kappa shape index (κ3) is 2.62. The lowest BCUT2D eigenvalue weighted by Gasteiger charge is -2.05. The fraction of sp³-hybridized carbons (Fsp3) is 0.0625. The predicted octanol–water partition coefficient (Wildman–Crippen LogP) is 5.03. The predicted molar refractivity (Wildman–Crippen MR) is 83.0 cm³/mol. The first-order valence-electron chi connectivity index (χ1n) is 6.41. The van der Waals surface area contributed by atoms with Crippen molar-refractivity contribution in [2.24, 2.45) is 0 Å². The lowest BCUT2D eigenvalue weighted by Crippen LogP contribution is -2.13. The zero-order chi connectivity index (χ0) is 15.9. The Balaban J connectivity index is 1.97. The molecule has 3 nitrogen and oxygen atoms in total. The summed E-state index contributed by atoms with van der Waals surface area (Å²) >= 11 is 3.36. The van der Waals surface area contributed by atoms with Crippen LogP contribution in [0.1, 0.15) is 16.1 Å². The summed E-state index contributed by atoms with van der Waals surface area (Å²) in [5.74, 6) is -2.04. The molecule has 1 amide bonds. The van der Waals surface area contributed by atoms with Gasteiger partial charge in [0.2, 0.25) is 0 Å². The molecule has 3 rings (SSSR count). The molecule has 0 unspecified atom stereocenters. The van der Waals surface area contributed by atoms with Crippen molar-refractivity contribution in [1.29, 1.82) is 0 Å². The van der Waals surface area contributed by atoms with E-state index in [-0.39, 0.29) is 11.4 Å². The number of halogens is 3. The number of carbonyl (C=O) groups excluding carboxylic acids is 1. The molecule has 0 aliphatic carbocycles. The monoisotopic (exact) mass is 365 g/mol. The van der Waals surface area contributed by atoms with Crippen LogP contribution in [0, 0.1) is 18.6 Å². The van der Waals surface area contributed by atoms with Crippen LogP contribution in [0.4, 0.5) is 14.5 Å². The topological polar surface area (TPSA) is 42.2 Å². The highest BCUT2D eigenvalue weighted by molar-refractivity contribution is 9.10. The van der Waals surface area contributed by atoms with E-state index >= 15 is 0 Å². The van der Waals surface area contributed by atoms with Crippen molar-refractivity contribution in [1.82, 2.24) is 0 Å². The Bertz CT molecular complexity index is 889. The van der Waals surface area contributed by atoms with E-state index in [9.17, 15) is 13.6 Å². The minimum atomic E-state index is -0.843. The first kappa shape index (κ1) is 14.7. The molecule has 0 saturated carbocycles. The molecule has 112 valence electrons. The van der Waals surface area contributed by atoms with E-state index in [0.717, 1.165) is 22.0 Å². The SMILES string of the molecule is Cc1c(C(=O)Nc2ccc(F)cc2F)oc2ccc(Br)cc12. The first-order chi connectivity index (χ1) is 10.5. The fourth-order valence-electron chi connectivity index (χ4n) is 2.18. The van der Waals surface area contributed by atoms with E-state index in [0.29, 0.717) is 17.2 Å². The van der Waals surface area contributed by atoms with Gasteiger partial charge in [0.05, 0.1) is 5.69 Å². The van der Waals surface area contributed by atoms with Gasteiger partial charge in [-0.1, -0.05) is 15.9 Å². The molecule has 0 saturated heterocycles. The number of hydrogen-bond acceptors (Lipinski definition) is 2. The first-order valence-corrected chi connectivity index (χ1v) is 7.20. The van der Waals surface area contributed by atoms with E-state index < -0.39 is 17.5 Å². The zero-order valence-corrected chi connectivity index (χ0v) is 13.0. The average Bonchev–Trinajstić information content (AvgIpc) is 2.79. The molecule has 1 heterocycles. The van der Waals surface area contributed by atoms with Gasteiger partial charge in [-0.15, -0.1) is 0 Å². The number of furan rings is 1. The summed E-state index contributed by atoms with van der Waals surface area (Å²) in [5.41, 5.74) is 1.11. The third-order valence-electron chi connectivity index (χ3n) is 3.28. The van der Waals surface area contributed by atoms with E-state index in [4.69, 9.17) is 4.42 Å². The molecule has 3 aromatic rings. The molecule has 6 heteroatoms. The van der Waals surface area contributed by atoms with Gasteiger partial charge in [-0.25, -0.2) is 8.78 Å². The van der Waals surface area contributed by atoms with Crippen LogP contribution in [0.5, 0.6) is 0 Å². The minimum absolute atomic E-state index is 0.0943. The maximum atomic E-state index is 13.6. The number of rotatable bonds is 2. The maximum absolute atomic E-state index is 13.6. The van der Waals surface area contributed by atoms with Crippen LogP contribution in [-0.2, 0) is 0 Å². The quantitative estimate of drug-likeness (QED) is 0.691. The molecule has 0 aliphatic heterocycles. The van der Waals surface area contributed by atoms with Crippen LogP contribution in [-0.4, -0.2) is 5.91 Å². The van der Waals surface area contributed by atoms with Crippen molar-refractivity contribution in [3.05, 3.63) is 63.8 Å². The Morgan fingerprint density at radius 2 is 1.95 bits per heavy atom. The summed E-state index contributed by atoms with van der Waals surface area (Å²) in [6.07, 6.45) is 0. The maximum Gasteiger partial charge on any atom is 0.291 e. The van der Waals surface area contributed by atoms with Crippen molar-refractivity contribution in [2.75, 3.05) is 5.32 Å². The molecule has 0 fully saturated rings. The Labute approximate surface area is 133 Å². The van der Waals surface area contributed by atoms with E-state index in [2.05, 4.69) is 21.2 Å². The van der Waals surface area contributed by atoms with Gasteiger partial charge < -0.3 is 9.73 Å². The highest BCUT2D eigenvalue weighted by Gasteiger charge is 2.19. The van der Waals surface area contributed by atoms with Crippen LogP contribution in [0.15, 0.2) is 45.3 Å². The Morgan fingerprint density at radius 1 is 1.18 bits per heavy atom. The molecule has 0 aliphatic rings. The number of fused-ring (bicyclic) bond motifs is 1. The Hall–Kier alpha value is -2.21. The molecule has 0 bridgehead atoms. The van der Waals surface area contributed by atoms with Gasteiger partial charge in [-0.2, -0.15) is 0 Å². The van der Waals surface area contributed by atoms with Crippen molar-refractivity contribution in [3.8, 4) is 0 Å². The summed E-state index contributed by atoms with van der Waals surface area (Å²) in [4.78, 5) is 12.2. The van der Waals surface area contributed by atoms with Crippen molar-refractivity contribution < 1.29 is 18.0 Å². The summed E-state index contributed by atoms with van der Waals surface area (Å²) in [5, 5.41) is 3.17. The molecular formula is C16H10BrF2NO2. The van der Waals surface area contributed by atoms with Gasteiger partial charge in [-0.3, -0.25) is 4.79 Å². The summed E-state index contributed by atoms with van der Waals surface area (Å²) in [6.45, 7) is 1.74. The third-order valence-corrected chi connectivity index (χ3v) is 3.78. The van der Waals surface area contributed by atoms with Gasteiger partial charge in [-0.05, 0) is 37.3 Å². The summed E-state index contributed by atoms with van der Waals surface area (Å²) in [7, 11) is 0. The minimum Gasteiger partial charge on any atom is -0.451 e. The largest absolute Gasteiger partial charge is 0.451 e. The van der Waals surface area contributed by atoms with Gasteiger partial charge in [0.1, 0.15) is 17.2 Å². The van der Waals surface area contributed by atoms with E-state index in [1.807, 2.05) is 6.07 Å².